The van der Waals surface area contributed by atoms with Crippen molar-refractivity contribution in [1.82, 2.24) is 25.2 Å². The minimum atomic E-state index is -0.651. The number of β-amino-alcohol motifs (C(OH)–C–C–N with tert-alkyl or cyclic N) is 1. The summed E-state index contributed by atoms with van der Waals surface area (Å²) in [4.78, 5) is 28.3. The summed E-state index contributed by atoms with van der Waals surface area (Å²) >= 11 is 1.52. The summed E-state index contributed by atoms with van der Waals surface area (Å²) in [5.74, 6) is 0.990. The van der Waals surface area contributed by atoms with E-state index in [4.69, 9.17) is 4.74 Å². The molecule has 0 saturated carbocycles. The van der Waals surface area contributed by atoms with E-state index in [2.05, 4.69) is 30.5 Å². The van der Waals surface area contributed by atoms with Crippen molar-refractivity contribution in [3.8, 4) is 5.88 Å². The van der Waals surface area contributed by atoms with E-state index in [-0.39, 0.29) is 5.91 Å². The van der Waals surface area contributed by atoms with Crippen LogP contribution in [0.5, 0.6) is 5.88 Å². The van der Waals surface area contributed by atoms with Crippen molar-refractivity contribution in [3.63, 3.8) is 0 Å². The van der Waals surface area contributed by atoms with Crippen LogP contribution in [0.3, 0.4) is 0 Å². The van der Waals surface area contributed by atoms with Crippen molar-refractivity contribution in [1.29, 1.82) is 0 Å². The standard InChI is InChI=1S/C24H28N6O3S/c1-33-23-3-2-18-24(29-23)17(4-7-25-18)20(31)13-30-8-5-15(6-9-30)26-11-16-10-19-21(12-27-16)34-14-22(32)28-19/h2-4,7,10,12,15,20,26,31H,5-6,8-9,11,13-14H2,1H3,(H,28,32)/t20-/m1/s1. The van der Waals surface area contributed by atoms with E-state index < -0.39 is 6.10 Å². The van der Waals surface area contributed by atoms with Gasteiger partial charge < -0.3 is 25.4 Å². The Bertz CT molecular complexity index is 1180. The van der Waals surface area contributed by atoms with Crippen LogP contribution in [0.4, 0.5) is 5.69 Å². The number of hydrogen-bond acceptors (Lipinski definition) is 9. The molecule has 1 amide bonds. The second-order valence-corrected chi connectivity index (χ2v) is 9.62. The van der Waals surface area contributed by atoms with Gasteiger partial charge >= 0.3 is 0 Å². The average Bonchev–Trinajstić information content (AvgIpc) is 2.87. The molecule has 2 aliphatic heterocycles. The molecule has 34 heavy (non-hydrogen) atoms. The first kappa shape index (κ1) is 23.0. The van der Waals surface area contributed by atoms with Gasteiger partial charge in [0.25, 0.3) is 0 Å². The third-order valence-electron chi connectivity index (χ3n) is 6.31. The highest BCUT2D eigenvalue weighted by Crippen LogP contribution is 2.31. The van der Waals surface area contributed by atoms with Gasteiger partial charge in [0.1, 0.15) is 0 Å². The molecule has 3 aromatic rings. The molecule has 0 radical (unpaired) electrons. The third kappa shape index (κ3) is 5.15. The topological polar surface area (TPSA) is 113 Å². The molecule has 178 valence electrons. The molecule has 0 unspecified atom stereocenters. The van der Waals surface area contributed by atoms with Crippen LogP contribution >= 0.6 is 11.8 Å². The number of aliphatic hydroxyl groups excluding tert-OH is 1. The lowest BCUT2D eigenvalue weighted by Gasteiger charge is -2.33. The van der Waals surface area contributed by atoms with Crippen molar-refractivity contribution in [2.75, 3.05) is 37.8 Å². The number of carbonyl (C=O) groups excluding carboxylic acids is 1. The van der Waals surface area contributed by atoms with Gasteiger partial charge in [0, 0.05) is 48.1 Å². The number of pyridine rings is 3. The first-order chi connectivity index (χ1) is 16.6. The molecule has 3 N–H and O–H groups in total. The van der Waals surface area contributed by atoms with Crippen LogP contribution in [0.1, 0.15) is 30.2 Å². The Morgan fingerprint density at radius 2 is 2.15 bits per heavy atom. The largest absolute Gasteiger partial charge is 0.481 e. The van der Waals surface area contributed by atoms with Gasteiger partial charge in [-0.05, 0) is 44.1 Å². The van der Waals surface area contributed by atoms with Crippen LogP contribution in [0.25, 0.3) is 11.0 Å². The van der Waals surface area contributed by atoms with Gasteiger partial charge in [-0.1, -0.05) is 0 Å². The zero-order chi connectivity index (χ0) is 23.5. The molecule has 10 heteroatoms. The van der Waals surface area contributed by atoms with Crippen LogP contribution in [0.2, 0.25) is 0 Å². The van der Waals surface area contributed by atoms with E-state index in [0.717, 1.165) is 53.3 Å². The summed E-state index contributed by atoms with van der Waals surface area (Å²) < 4.78 is 5.24. The third-order valence-corrected chi connectivity index (χ3v) is 7.35. The minimum absolute atomic E-state index is 0.0341. The number of thioether (sulfide) groups is 1. The van der Waals surface area contributed by atoms with Gasteiger partial charge in [-0.15, -0.1) is 11.8 Å². The first-order valence-electron chi connectivity index (χ1n) is 11.4. The molecule has 1 saturated heterocycles. The molecule has 0 spiro atoms. The van der Waals surface area contributed by atoms with Crippen molar-refractivity contribution in [2.24, 2.45) is 0 Å². The Labute approximate surface area is 202 Å². The van der Waals surface area contributed by atoms with Gasteiger partial charge in [0.15, 0.2) is 0 Å². The summed E-state index contributed by atoms with van der Waals surface area (Å²) in [6.07, 6.45) is 4.89. The van der Waals surface area contributed by atoms with Crippen LogP contribution in [0.15, 0.2) is 41.6 Å². The van der Waals surface area contributed by atoms with Crippen molar-refractivity contribution >= 4 is 34.4 Å². The molecular formula is C24H28N6O3S. The van der Waals surface area contributed by atoms with Crippen molar-refractivity contribution < 1.29 is 14.6 Å². The Kier molecular flexibility index (Phi) is 6.91. The highest BCUT2D eigenvalue weighted by Gasteiger charge is 2.23. The van der Waals surface area contributed by atoms with Crippen LogP contribution in [-0.4, -0.2) is 69.4 Å². The minimum Gasteiger partial charge on any atom is -0.481 e. The quantitative estimate of drug-likeness (QED) is 0.469. The molecular weight excluding hydrogens is 452 g/mol. The summed E-state index contributed by atoms with van der Waals surface area (Å²) in [5.41, 5.74) is 3.97. The predicted molar refractivity (Wildman–Crippen MR) is 131 cm³/mol. The van der Waals surface area contributed by atoms with E-state index in [0.29, 0.717) is 36.3 Å². The van der Waals surface area contributed by atoms with Gasteiger partial charge in [-0.3, -0.25) is 14.8 Å². The fraction of sp³-hybridized carbons (Fsp3) is 0.417. The number of fused-ring (bicyclic) bond motifs is 2. The van der Waals surface area contributed by atoms with Crippen molar-refractivity contribution in [3.05, 3.63) is 47.9 Å². The number of anilines is 1. The van der Waals surface area contributed by atoms with Gasteiger partial charge in [-0.25, -0.2) is 4.98 Å². The second kappa shape index (κ2) is 10.2. The smallest absolute Gasteiger partial charge is 0.234 e. The Morgan fingerprint density at radius 1 is 1.29 bits per heavy atom. The van der Waals surface area contributed by atoms with Crippen molar-refractivity contribution in [2.45, 2.75) is 36.4 Å². The lowest BCUT2D eigenvalue weighted by molar-refractivity contribution is -0.113. The average molecular weight is 481 g/mol. The number of aromatic nitrogens is 3. The van der Waals surface area contributed by atoms with Gasteiger partial charge in [-0.2, -0.15) is 0 Å². The lowest BCUT2D eigenvalue weighted by Crippen LogP contribution is -2.43. The lowest BCUT2D eigenvalue weighted by atomic mass is 10.0. The SMILES string of the molecule is COc1ccc2nccc([C@H](O)CN3CCC(NCc4cc5c(cn4)SCC(=O)N5)CC3)c2n1. The molecule has 0 bridgehead atoms. The van der Waals surface area contributed by atoms with E-state index in [1.165, 1.54) is 11.8 Å². The summed E-state index contributed by atoms with van der Waals surface area (Å²) in [7, 11) is 1.58. The number of rotatable bonds is 7. The summed E-state index contributed by atoms with van der Waals surface area (Å²) in [6, 6.07) is 7.82. The molecule has 5 rings (SSSR count). The first-order valence-corrected chi connectivity index (χ1v) is 12.4. The number of amides is 1. The fourth-order valence-corrected chi connectivity index (χ4v) is 5.20. The van der Waals surface area contributed by atoms with E-state index in [9.17, 15) is 9.90 Å². The number of carbonyl (C=O) groups is 1. The van der Waals surface area contributed by atoms with E-state index >= 15 is 0 Å². The number of piperidine rings is 1. The van der Waals surface area contributed by atoms with Gasteiger partial charge in [0.2, 0.25) is 11.8 Å². The van der Waals surface area contributed by atoms with E-state index in [1.54, 1.807) is 19.4 Å². The number of aliphatic hydroxyl groups is 1. The normalized spacial score (nSPS) is 17.9. The van der Waals surface area contributed by atoms with Gasteiger partial charge in [0.05, 0.1) is 41.4 Å². The molecule has 1 fully saturated rings. The Morgan fingerprint density at radius 3 is 2.97 bits per heavy atom. The Balaban J connectivity index is 1.14. The number of methoxy groups -OCH3 is 1. The highest BCUT2D eigenvalue weighted by atomic mass is 32.2. The maximum absolute atomic E-state index is 11.6. The van der Waals surface area contributed by atoms with Crippen LogP contribution < -0.4 is 15.4 Å². The summed E-state index contributed by atoms with van der Waals surface area (Å²) in [5, 5.41) is 17.5. The number of likely N-dealkylation sites (tertiary alicyclic amines) is 1. The molecule has 2 aliphatic rings. The van der Waals surface area contributed by atoms with Crippen LogP contribution in [0, 0.1) is 0 Å². The molecule has 0 aliphatic carbocycles. The summed E-state index contributed by atoms with van der Waals surface area (Å²) in [6.45, 7) is 3.02. The monoisotopic (exact) mass is 480 g/mol. The number of nitrogens with zero attached hydrogens (tertiary/aromatic N) is 4. The highest BCUT2D eigenvalue weighted by molar-refractivity contribution is 8.00. The van der Waals surface area contributed by atoms with E-state index in [1.807, 2.05) is 24.4 Å². The van der Waals surface area contributed by atoms with Crippen LogP contribution in [-0.2, 0) is 11.3 Å². The fourth-order valence-electron chi connectivity index (χ4n) is 4.45. The molecule has 1 atom stereocenters. The molecule has 9 nitrogen and oxygen atoms in total. The predicted octanol–water partition coefficient (Wildman–Crippen LogP) is 2.37. The molecule has 0 aromatic carbocycles. The number of hydrogen-bond donors (Lipinski definition) is 3. The maximum atomic E-state index is 11.6. The molecule has 3 aromatic heterocycles. The number of ether oxygens (including phenoxy) is 1. The number of nitrogens with one attached hydrogen (secondary N) is 2. The second-order valence-electron chi connectivity index (χ2n) is 8.60. The zero-order valence-electron chi connectivity index (χ0n) is 19.0. The Hall–Kier alpha value is -2.79. The maximum Gasteiger partial charge on any atom is 0.234 e. The molecule has 5 heterocycles. The zero-order valence-corrected chi connectivity index (χ0v) is 19.8.